The number of nitrogens with zero attached hydrogens (tertiary/aromatic N) is 1. The van der Waals surface area contributed by atoms with Gasteiger partial charge in [-0.05, 0) is 24.2 Å². The molecule has 0 spiro atoms. The van der Waals surface area contributed by atoms with Crippen molar-refractivity contribution in [3.8, 4) is 11.5 Å². The maximum atomic E-state index is 5.38. The van der Waals surface area contributed by atoms with Crippen molar-refractivity contribution >= 4 is 12.9 Å². The quantitative estimate of drug-likeness (QED) is 0.738. The molecule has 91 valence electrons. The van der Waals surface area contributed by atoms with Crippen molar-refractivity contribution in [2.24, 2.45) is 0 Å². The van der Waals surface area contributed by atoms with E-state index in [0.717, 1.165) is 17.0 Å². The zero-order valence-corrected chi connectivity index (χ0v) is 10.9. The Labute approximate surface area is 104 Å². The predicted molar refractivity (Wildman–Crippen MR) is 70.1 cm³/mol. The predicted octanol–water partition coefficient (Wildman–Crippen LogP) is 1.78. The van der Waals surface area contributed by atoms with Crippen LogP contribution >= 0.6 is 0 Å². The van der Waals surface area contributed by atoms with Crippen LogP contribution in [0.15, 0.2) is 18.2 Å². The first kappa shape index (κ1) is 12.3. The van der Waals surface area contributed by atoms with Crippen LogP contribution in [0, 0.1) is 0 Å². The molecular weight excluding hydrogens is 213 g/mol. The van der Waals surface area contributed by atoms with E-state index >= 15 is 0 Å². The molecule has 0 bridgehead atoms. The van der Waals surface area contributed by atoms with Crippen molar-refractivity contribution in [1.29, 1.82) is 0 Å². The van der Waals surface area contributed by atoms with Crippen LogP contribution in [-0.2, 0) is 0 Å². The molecule has 1 aromatic rings. The van der Waals surface area contributed by atoms with Gasteiger partial charge >= 0.3 is 0 Å². The Balaban J connectivity index is 2.12. The molecule has 0 unspecified atom stereocenters. The standard InChI is InChI=1S/C13H19BNO2/c1-9(2)15(10(3)4)14-11-5-6-12-13(7-11)17-8-16-12/h5-7,9-10H,8H2,1-4H3. The SMILES string of the molecule is CC(C)N([B]c1ccc2c(c1)OCO2)C(C)C. The summed E-state index contributed by atoms with van der Waals surface area (Å²) in [5.74, 6) is 1.68. The summed E-state index contributed by atoms with van der Waals surface area (Å²) in [5.41, 5.74) is 1.15. The number of hydrogen-bond acceptors (Lipinski definition) is 3. The monoisotopic (exact) mass is 232 g/mol. The Morgan fingerprint density at radius 1 is 1.06 bits per heavy atom. The van der Waals surface area contributed by atoms with E-state index in [9.17, 15) is 0 Å². The Morgan fingerprint density at radius 2 is 1.71 bits per heavy atom. The molecule has 0 fully saturated rings. The van der Waals surface area contributed by atoms with E-state index in [1.165, 1.54) is 0 Å². The maximum absolute atomic E-state index is 5.38. The number of benzene rings is 1. The first-order valence-corrected chi connectivity index (χ1v) is 6.10. The van der Waals surface area contributed by atoms with Gasteiger partial charge in [0.05, 0.1) is 0 Å². The van der Waals surface area contributed by atoms with Gasteiger partial charge in [0.25, 0.3) is 0 Å². The van der Waals surface area contributed by atoms with Gasteiger partial charge in [-0.1, -0.05) is 39.2 Å². The molecule has 1 aliphatic heterocycles. The van der Waals surface area contributed by atoms with E-state index in [0.29, 0.717) is 18.9 Å². The van der Waals surface area contributed by atoms with E-state index in [1.807, 2.05) is 12.1 Å². The Bertz CT molecular complexity index is 385. The first-order chi connectivity index (χ1) is 8.08. The van der Waals surface area contributed by atoms with Crippen molar-refractivity contribution < 1.29 is 9.47 Å². The van der Waals surface area contributed by atoms with Gasteiger partial charge in [-0.25, -0.2) is 0 Å². The topological polar surface area (TPSA) is 21.7 Å². The van der Waals surface area contributed by atoms with Crippen molar-refractivity contribution in [3.05, 3.63) is 18.2 Å². The molecule has 0 aromatic heterocycles. The lowest BCUT2D eigenvalue weighted by atomic mass is 9.78. The highest BCUT2D eigenvalue weighted by Gasteiger charge is 2.18. The van der Waals surface area contributed by atoms with E-state index in [1.54, 1.807) is 0 Å². The molecule has 0 saturated carbocycles. The summed E-state index contributed by atoms with van der Waals surface area (Å²) in [6.45, 7) is 9.12. The van der Waals surface area contributed by atoms with E-state index in [2.05, 4.69) is 46.0 Å². The molecule has 1 aromatic carbocycles. The summed E-state index contributed by atoms with van der Waals surface area (Å²) in [6.07, 6.45) is 0. The van der Waals surface area contributed by atoms with Gasteiger partial charge in [0, 0.05) is 0 Å². The molecule has 17 heavy (non-hydrogen) atoms. The molecule has 1 radical (unpaired) electrons. The van der Waals surface area contributed by atoms with Crippen molar-refractivity contribution in [3.63, 3.8) is 0 Å². The van der Waals surface area contributed by atoms with Crippen LogP contribution in [0.2, 0.25) is 0 Å². The summed E-state index contributed by atoms with van der Waals surface area (Å²) in [6, 6.07) is 7.03. The lowest BCUT2D eigenvalue weighted by Crippen LogP contribution is -2.45. The molecule has 0 N–H and O–H groups in total. The minimum absolute atomic E-state index is 0.330. The normalized spacial score (nSPS) is 13.8. The molecule has 0 saturated heterocycles. The van der Waals surface area contributed by atoms with Gasteiger partial charge < -0.3 is 14.3 Å². The highest BCUT2D eigenvalue weighted by Crippen LogP contribution is 2.29. The smallest absolute Gasteiger partial charge is 0.248 e. The highest BCUT2D eigenvalue weighted by molar-refractivity contribution is 6.50. The van der Waals surface area contributed by atoms with Crippen LogP contribution in [0.1, 0.15) is 27.7 Å². The molecule has 3 nitrogen and oxygen atoms in total. The molecular formula is C13H19BNO2. The van der Waals surface area contributed by atoms with Crippen molar-refractivity contribution in [2.75, 3.05) is 6.79 Å². The Hall–Kier alpha value is -1.16. The highest BCUT2D eigenvalue weighted by atomic mass is 16.7. The summed E-state index contributed by atoms with van der Waals surface area (Å²) >= 11 is 0. The summed E-state index contributed by atoms with van der Waals surface area (Å²) in [4.78, 5) is 2.33. The molecule has 4 heteroatoms. The third kappa shape index (κ3) is 2.75. The molecule has 2 rings (SSSR count). The number of hydrogen-bond donors (Lipinski definition) is 0. The second kappa shape index (κ2) is 5.00. The number of ether oxygens (including phenoxy) is 2. The van der Waals surface area contributed by atoms with Crippen LogP contribution < -0.4 is 14.9 Å². The fourth-order valence-electron chi connectivity index (χ4n) is 2.06. The Morgan fingerprint density at radius 3 is 2.35 bits per heavy atom. The largest absolute Gasteiger partial charge is 0.454 e. The minimum atomic E-state index is 0.330. The maximum Gasteiger partial charge on any atom is 0.248 e. The van der Waals surface area contributed by atoms with Gasteiger partial charge in [0.2, 0.25) is 14.2 Å². The average molecular weight is 232 g/mol. The molecule has 1 heterocycles. The number of rotatable bonds is 4. The van der Waals surface area contributed by atoms with Crippen LogP contribution in [0.4, 0.5) is 0 Å². The van der Waals surface area contributed by atoms with Crippen LogP contribution in [0.3, 0.4) is 0 Å². The van der Waals surface area contributed by atoms with Gasteiger partial charge in [-0.3, -0.25) is 0 Å². The average Bonchev–Trinajstić information content (AvgIpc) is 2.71. The first-order valence-electron chi connectivity index (χ1n) is 6.10. The van der Waals surface area contributed by atoms with Gasteiger partial charge in [0.15, 0.2) is 11.5 Å². The lowest BCUT2D eigenvalue weighted by molar-refractivity contribution is 0.174. The van der Waals surface area contributed by atoms with Gasteiger partial charge in [0.1, 0.15) is 0 Å². The van der Waals surface area contributed by atoms with Crippen LogP contribution in [0.25, 0.3) is 0 Å². The van der Waals surface area contributed by atoms with E-state index in [-0.39, 0.29) is 0 Å². The summed E-state index contributed by atoms with van der Waals surface area (Å²) in [7, 11) is 2.18. The fourth-order valence-corrected chi connectivity index (χ4v) is 2.06. The molecule has 0 amide bonds. The van der Waals surface area contributed by atoms with E-state index in [4.69, 9.17) is 9.47 Å². The second-order valence-corrected chi connectivity index (χ2v) is 4.88. The zero-order chi connectivity index (χ0) is 12.4. The summed E-state index contributed by atoms with van der Waals surface area (Å²) < 4.78 is 10.7. The minimum Gasteiger partial charge on any atom is -0.454 e. The van der Waals surface area contributed by atoms with Crippen LogP contribution in [-0.4, -0.2) is 31.1 Å². The van der Waals surface area contributed by atoms with E-state index < -0.39 is 0 Å². The molecule has 0 aliphatic carbocycles. The fraction of sp³-hybridized carbons (Fsp3) is 0.538. The van der Waals surface area contributed by atoms with Gasteiger partial charge in [-0.2, -0.15) is 0 Å². The number of fused-ring (bicyclic) bond motifs is 1. The third-order valence-electron chi connectivity index (χ3n) is 2.89. The summed E-state index contributed by atoms with van der Waals surface area (Å²) in [5, 5.41) is 0. The third-order valence-corrected chi connectivity index (χ3v) is 2.89. The second-order valence-electron chi connectivity index (χ2n) is 4.88. The van der Waals surface area contributed by atoms with Crippen molar-refractivity contribution in [2.45, 2.75) is 39.8 Å². The molecule has 1 aliphatic rings. The Kier molecular flexibility index (Phi) is 3.62. The zero-order valence-electron chi connectivity index (χ0n) is 10.9. The van der Waals surface area contributed by atoms with Crippen LogP contribution in [0.5, 0.6) is 11.5 Å². The molecule has 0 atom stereocenters. The lowest BCUT2D eigenvalue weighted by Gasteiger charge is -2.30. The van der Waals surface area contributed by atoms with Gasteiger partial charge in [-0.15, -0.1) is 0 Å². The van der Waals surface area contributed by atoms with Crippen molar-refractivity contribution in [1.82, 2.24) is 4.81 Å².